The number of pyridine rings is 1. The molecule has 4 nitrogen and oxygen atoms in total. The summed E-state index contributed by atoms with van der Waals surface area (Å²) in [6.45, 7) is 1.84. The van der Waals surface area contributed by atoms with Crippen LogP contribution in [0.3, 0.4) is 0 Å². The lowest BCUT2D eigenvalue weighted by molar-refractivity contribution is 0.0520. The molecule has 1 N–H and O–H groups in total. The number of hydrogen-bond acceptors (Lipinski definition) is 3. The van der Waals surface area contributed by atoms with Gasteiger partial charge in [0.25, 0.3) is 0 Å². The van der Waals surface area contributed by atoms with Crippen LogP contribution in [0, 0.1) is 5.82 Å². The highest BCUT2D eigenvalue weighted by atomic mass is 19.1. The van der Waals surface area contributed by atoms with Crippen molar-refractivity contribution >= 4 is 16.9 Å². The van der Waals surface area contributed by atoms with Gasteiger partial charge in [0, 0.05) is 11.5 Å². The molecule has 5 heteroatoms. The first-order valence-electron chi connectivity index (χ1n) is 5.12. The normalized spacial score (nSPS) is 10.5. The van der Waals surface area contributed by atoms with Crippen LogP contribution >= 0.6 is 0 Å². The molecule has 2 aromatic rings. The number of H-pyrrole nitrogens is 1. The van der Waals surface area contributed by atoms with Crippen molar-refractivity contribution in [3.8, 4) is 0 Å². The topological polar surface area (TPSA) is 59.2 Å². The van der Waals surface area contributed by atoms with E-state index in [-0.39, 0.29) is 23.2 Å². The van der Waals surface area contributed by atoms with E-state index < -0.39 is 17.2 Å². The van der Waals surface area contributed by atoms with Crippen LogP contribution < -0.4 is 5.43 Å². The maximum Gasteiger partial charge on any atom is 0.354 e. The van der Waals surface area contributed by atoms with Gasteiger partial charge in [-0.15, -0.1) is 0 Å². The second-order valence-corrected chi connectivity index (χ2v) is 3.43. The molecule has 0 aliphatic rings. The number of para-hydroxylation sites is 1. The van der Waals surface area contributed by atoms with Gasteiger partial charge in [-0.3, -0.25) is 4.79 Å². The number of nitrogens with one attached hydrogen (secondary N) is 1. The predicted molar refractivity (Wildman–Crippen MR) is 60.5 cm³/mol. The molecule has 88 valence electrons. The van der Waals surface area contributed by atoms with Crippen LogP contribution in [0.5, 0.6) is 0 Å². The van der Waals surface area contributed by atoms with Gasteiger partial charge in [-0.05, 0) is 19.1 Å². The van der Waals surface area contributed by atoms with Crippen LogP contribution in [0.25, 0.3) is 10.9 Å². The molecular weight excluding hydrogens is 225 g/mol. The maximum absolute atomic E-state index is 13.5. The van der Waals surface area contributed by atoms with E-state index in [9.17, 15) is 14.0 Å². The van der Waals surface area contributed by atoms with Crippen molar-refractivity contribution in [1.82, 2.24) is 4.98 Å². The molecule has 0 fully saturated rings. The van der Waals surface area contributed by atoms with Crippen LogP contribution in [-0.4, -0.2) is 17.6 Å². The Labute approximate surface area is 96.0 Å². The monoisotopic (exact) mass is 235 g/mol. The molecule has 17 heavy (non-hydrogen) atoms. The molecule has 0 aliphatic carbocycles. The van der Waals surface area contributed by atoms with E-state index in [1.165, 1.54) is 18.2 Å². The maximum atomic E-state index is 13.5. The SMILES string of the molecule is CCOC(=O)c1cc(=O)c2cccc(F)c2[nH]1. The minimum Gasteiger partial charge on any atom is -0.461 e. The summed E-state index contributed by atoms with van der Waals surface area (Å²) in [4.78, 5) is 25.7. The minimum absolute atomic E-state index is 0.0167. The van der Waals surface area contributed by atoms with Crippen LogP contribution in [0.15, 0.2) is 29.1 Å². The molecule has 0 amide bonds. The molecule has 0 spiro atoms. The van der Waals surface area contributed by atoms with Gasteiger partial charge in [0.2, 0.25) is 0 Å². The lowest BCUT2D eigenvalue weighted by Crippen LogP contribution is -2.13. The Morgan fingerprint density at radius 1 is 1.47 bits per heavy atom. The van der Waals surface area contributed by atoms with Crippen molar-refractivity contribution in [1.29, 1.82) is 0 Å². The van der Waals surface area contributed by atoms with E-state index in [4.69, 9.17) is 4.74 Å². The fourth-order valence-corrected chi connectivity index (χ4v) is 1.55. The average Bonchev–Trinajstić information content (AvgIpc) is 2.30. The van der Waals surface area contributed by atoms with E-state index in [0.29, 0.717) is 0 Å². The summed E-state index contributed by atoms with van der Waals surface area (Å²) in [5, 5.41) is 0.207. The van der Waals surface area contributed by atoms with Crippen molar-refractivity contribution in [3.05, 3.63) is 46.0 Å². The van der Waals surface area contributed by atoms with E-state index in [0.717, 1.165) is 6.07 Å². The first kappa shape index (κ1) is 11.3. The third kappa shape index (κ3) is 2.04. The molecule has 1 aromatic heterocycles. The molecule has 0 aliphatic heterocycles. The summed E-state index contributed by atoms with van der Waals surface area (Å²) >= 11 is 0. The molecule has 0 unspecified atom stereocenters. The molecule has 0 saturated carbocycles. The van der Waals surface area contributed by atoms with Gasteiger partial charge in [-0.25, -0.2) is 9.18 Å². The highest BCUT2D eigenvalue weighted by Crippen LogP contribution is 2.12. The molecule has 2 rings (SSSR count). The second kappa shape index (κ2) is 4.37. The van der Waals surface area contributed by atoms with Crippen LogP contribution in [0.2, 0.25) is 0 Å². The number of carbonyl (C=O) groups excluding carboxylic acids is 1. The molecular formula is C12H10FNO3. The van der Waals surface area contributed by atoms with E-state index in [1.54, 1.807) is 6.92 Å². The van der Waals surface area contributed by atoms with Gasteiger partial charge in [-0.1, -0.05) is 6.07 Å². The lowest BCUT2D eigenvalue weighted by atomic mass is 10.2. The molecule has 0 atom stereocenters. The predicted octanol–water partition coefficient (Wildman–Crippen LogP) is 1.84. The van der Waals surface area contributed by atoms with Crippen molar-refractivity contribution < 1.29 is 13.9 Å². The number of esters is 1. The summed E-state index contributed by atoms with van der Waals surface area (Å²) in [5.74, 6) is -1.25. The summed E-state index contributed by atoms with van der Waals surface area (Å²) < 4.78 is 18.2. The average molecular weight is 235 g/mol. The summed E-state index contributed by atoms with van der Waals surface area (Å²) in [6, 6.07) is 5.26. The smallest absolute Gasteiger partial charge is 0.354 e. The van der Waals surface area contributed by atoms with Gasteiger partial charge in [0.05, 0.1) is 12.1 Å². The number of benzene rings is 1. The van der Waals surface area contributed by atoms with Crippen LogP contribution in [0.1, 0.15) is 17.4 Å². The fraction of sp³-hybridized carbons (Fsp3) is 0.167. The molecule has 1 aromatic carbocycles. The Bertz CT molecular complexity index is 633. The zero-order valence-corrected chi connectivity index (χ0v) is 9.12. The highest BCUT2D eigenvalue weighted by Gasteiger charge is 2.12. The number of ether oxygens (including phenoxy) is 1. The fourth-order valence-electron chi connectivity index (χ4n) is 1.55. The zero-order chi connectivity index (χ0) is 12.4. The summed E-state index contributed by atoms with van der Waals surface area (Å²) in [5.41, 5.74) is -0.446. The minimum atomic E-state index is -0.672. The molecule has 1 heterocycles. The summed E-state index contributed by atoms with van der Waals surface area (Å²) in [7, 11) is 0. The number of hydrogen-bond donors (Lipinski definition) is 1. The first-order valence-corrected chi connectivity index (χ1v) is 5.12. The zero-order valence-electron chi connectivity index (χ0n) is 9.12. The van der Waals surface area contributed by atoms with E-state index >= 15 is 0 Å². The standard InChI is InChI=1S/C12H10FNO3/c1-2-17-12(16)9-6-10(15)7-4-3-5-8(13)11(7)14-9/h3-6H,2H2,1H3,(H,14,15). The number of aromatic nitrogens is 1. The third-order valence-corrected chi connectivity index (χ3v) is 2.31. The Hall–Kier alpha value is -2.17. The first-order chi connectivity index (χ1) is 8.13. The number of carbonyl (C=O) groups is 1. The Morgan fingerprint density at radius 2 is 2.24 bits per heavy atom. The second-order valence-electron chi connectivity index (χ2n) is 3.43. The van der Waals surface area contributed by atoms with E-state index in [2.05, 4.69) is 4.98 Å². The lowest BCUT2D eigenvalue weighted by Gasteiger charge is -2.04. The van der Waals surface area contributed by atoms with Gasteiger partial charge >= 0.3 is 5.97 Å². The van der Waals surface area contributed by atoms with Gasteiger partial charge in [0.15, 0.2) is 5.43 Å². The van der Waals surface area contributed by atoms with Crippen molar-refractivity contribution in [2.45, 2.75) is 6.92 Å². The Balaban J connectivity index is 2.66. The van der Waals surface area contributed by atoms with Gasteiger partial charge in [0.1, 0.15) is 11.5 Å². The van der Waals surface area contributed by atoms with Crippen molar-refractivity contribution in [3.63, 3.8) is 0 Å². The number of halogens is 1. The molecule has 0 bridgehead atoms. The van der Waals surface area contributed by atoms with Crippen LogP contribution in [0.4, 0.5) is 4.39 Å². The van der Waals surface area contributed by atoms with Gasteiger partial charge < -0.3 is 9.72 Å². The molecule has 0 saturated heterocycles. The van der Waals surface area contributed by atoms with Crippen molar-refractivity contribution in [2.75, 3.05) is 6.61 Å². The largest absolute Gasteiger partial charge is 0.461 e. The summed E-state index contributed by atoms with van der Waals surface area (Å²) in [6.07, 6.45) is 0. The number of rotatable bonds is 2. The Morgan fingerprint density at radius 3 is 2.94 bits per heavy atom. The quantitative estimate of drug-likeness (QED) is 0.808. The van der Waals surface area contributed by atoms with Crippen LogP contribution in [-0.2, 0) is 4.74 Å². The van der Waals surface area contributed by atoms with Gasteiger partial charge in [-0.2, -0.15) is 0 Å². The van der Waals surface area contributed by atoms with E-state index in [1.807, 2.05) is 0 Å². The highest BCUT2D eigenvalue weighted by molar-refractivity contribution is 5.91. The molecule has 0 radical (unpaired) electrons. The Kier molecular flexibility index (Phi) is 2.91. The number of aromatic amines is 1. The van der Waals surface area contributed by atoms with Crippen molar-refractivity contribution in [2.24, 2.45) is 0 Å². The number of fused-ring (bicyclic) bond motifs is 1. The third-order valence-electron chi connectivity index (χ3n) is 2.31.